The first-order valence-corrected chi connectivity index (χ1v) is 6.67. The number of nitrogens with two attached hydrogens (primary N) is 1. The van der Waals surface area contributed by atoms with Gasteiger partial charge in [-0.05, 0) is 38.5 Å². The van der Waals surface area contributed by atoms with Crippen molar-refractivity contribution in [1.29, 1.82) is 0 Å². The van der Waals surface area contributed by atoms with Crippen LogP contribution in [0.2, 0.25) is 0 Å². The molecule has 3 N–H and O–H groups in total. The number of para-hydroxylation sites is 1. The highest BCUT2D eigenvalue weighted by atomic mass is 16.3. The van der Waals surface area contributed by atoms with Crippen LogP contribution in [0.1, 0.15) is 35.6 Å². The fourth-order valence-corrected chi connectivity index (χ4v) is 2.32. The Kier molecular flexibility index (Phi) is 4.13. The molecule has 1 aromatic carbocycles. The van der Waals surface area contributed by atoms with Crippen molar-refractivity contribution < 1.29 is 9.21 Å². The molecule has 0 saturated carbocycles. The number of nitrogens with one attached hydrogen (secondary N) is 1. The third kappa shape index (κ3) is 3.20. The summed E-state index contributed by atoms with van der Waals surface area (Å²) in [6.45, 7) is 5.75. The van der Waals surface area contributed by atoms with Crippen LogP contribution in [0, 0.1) is 13.8 Å². The Balaban J connectivity index is 2.01. The summed E-state index contributed by atoms with van der Waals surface area (Å²) >= 11 is 0. The molecule has 0 fully saturated rings. The highest BCUT2D eigenvalue weighted by molar-refractivity contribution is 5.80. The smallest absolute Gasteiger partial charge is 0.224 e. The predicted molar refractivity (Wildman–Crippen MR) is 79.3 cm³/mol. The highest BCUT2D eigenvalue weighted by Gasteiger charge is 2.15. The number of furan rings is 1. The van der Waals surface area contributed by atoms with Gasteiger partial charge < -0.3 is 15.5 Å². The minimum atomic E-state index is -0.0788. The second kappa shape index (κ2) is 5.82. The van der Waals surface area contributed by atoms with Crippen molar-refractivity contribution >= 4 is 11.6 Å². The van der Waals surface area contributed by atoms with E-state index in [1.807, 2.05) is 45.0 Å². The number of amides is 1. The maximum absolute atomic E-state index is 12.1. The molecular weight excluding hydrogens is 252 g/mol. The predicted octanol–water partition coefficient (Wildman–Crippen LogP) is 2.90. The summed E-state index contributed by atoms with van der Waals surface area (Å²) in [5.41, 5.74) is 8.34. The zero-order valence-electron chi connectivity index (χ0n) is 12.1. The van der Waals surface area contributed by atoms with E-state index in [1.165, 1.54) is 0 Å². The van der Waals surface area contributed by atoms with Gasteiger partial charge in [0, 0.05) is 11.3 Å². The number of carbonyl (C=O) groups excluding carboxylic acids is 1. The number of carbonyl (C=O) groups is 1. The number of benzene rings is 1. The number of aryl methyl sites for hydroxylation is 2. The van der Waals surface area contributed by atoms with Gasteiger partial charge in [0.15, 0.2) is 0 Å². The molecule has 20 heavy (non-hydrogen) atoms. The average Bonchev–Trinajstić information content (AvgIpc) is 2.71. The summed E-state index contributed by atoms with van der Waals surface area (Å²) < 4.78 is 5.48. The van der Waals surface area contributed by atoms with Crippen LogP contribution in [0.5, 0.6) is 0 Å². The van der Waals surface area contributed by atoms with E-state index in [1.54, 1.807) is 6.07 Å². The van der Waals surface area contributed by atoms with Crippen molar-refractivity contribution in [1.82, 2.24) is 5.32 Å². The van der Waals surface area contributed by atoms with Gasteiger partial charge in [0.1, 0.15) is 11.5 Å². The van der Waals surface area contributed by atoms with Crippen LogP contribution in [0.4, 0.5) is 5.69 Å². The molecule has 1 amide bonds. The lowest BCUT2D eigenvalue weighted by atomic mass is 10.1. The van der Waals surface area contributed by atoms with E-state index in [4.69, 9.17) is 10.2 Å². The minimum absolute atomic E-state index is 0.0475. The van der Waals surface area contributed by atoms with Gasteiger partial charge >= 0.3 is 0 Å². The van der Waals surface area contributed by atoms with Gasteiger partial charge in [-0.1, -0.05) is 18.2 Å². The molecular formula is C16H20N2O2. The molecule has 106 valence electrons. The second-order valence-corrected chi connectivity index (χ2v) is 5.03. The minimum Gasteiger partial charge on any atom is -0.466 e. The van der Waals surface area contributed by atoms with E-state index >= 15 is 0 Å². The van der Waals surface area contributed by atoms with Crippen molar-refractivity contribution in [3.8, 4) is 0 Å². The summed E-state index contributed by atoms with van der Waals surface area (Å²) in [5, 5.41) is 2.97. The van der Waals surface area contributed by atoms with Gasteiger partial charge in [-0.2, -0.15) is 0 Å². The number of anilines is 1. The van der Waals surface area contributed by atoms with Crippen LogP contribution < -0.4 is 11.1 Å². The van der Waals surface area contributed by atoms with E-state index in [-0.39, 0.29) is 18.4 Å². The van der Waals surface area contributed by atoms with Crippen LogP contribution in [0.15, 0.2) is 34.7 Å². The molecule has 0 spiro atoms. The lowest BCUT2D eigenvalue weighted by Crippen LogP contribution is -2.28. The maximum atomic E-state index is 12.1. The van der Waals surface area contributed by atoms with E-state index in [0.29, 0.717) is 5.69 Å². The van der Waals surface area contributed by atoms with Crippen LogP contribution in [-0.4, -0.2) is 5.91 Å². The summed E-state index contributed by atoms with van der Waals surface area (Å²) in [6.07, 6.45) is 0.285. The van der Waals surface area contributed by atoms with Gasteiger partial charge in [-0.15, -0.1) is 0 Å². The van der Waals surface area contributed by atoms with Gasteiger partial charge in [-0.25, -0.2) is 0 Å². The molecule has 4 heteroatoms. The first kappa shape index (κ1) is 14.2. The second-order valence-electron chi connectivity index (χ2n) is 5.03. The molecule has 0 saturated heterocycles. The Morgan fingerprint density at radius 2 is 2.05 bits per heavy atom. The molecule has 1 heterocycles. The quantitative estimate of drug-likeness (QED) is 0.841. The Hall–Kier alpha value is -2.23. The van der Waals surface area contributed by atoms with E-state index in [9.17, 15) is 4.79 Å². The highest BCUT2D eigenvalue weighted by Crippen LogP contribution is 2.21. The molecule has 0 bridgehead atoms. The summed E-state index contributed by atoms with van der Waals surface area (Å²) in [4.78, 5) is 12.1. The van der Waals surface area contributed by atoms with Gasteiger partial charge in [0.2, 0.25) is 5.91 Å². The van der Waals surface area contributed by atoms with Crippen LogP contribution in [-0.2, 0) is 11.2 Å². The lowest BCUT2D eigenvalue weighted by Gasteiger charge is -2.13. The molecule has 0 aliphatic rings. The average molecular weight is 272 g/mol. The van der Waals surface area contributed by atoms with Crippen molar-refractivity contribution in [2.45, 2.75) is 33.2 Å². The fraction of sp³-hybridized carbons (Fsp3) is 0.312. The lowest BCUT2D eigenvalue weighted by molar-refractivity contribution is -0.121. The van der Waals surface area contributed by atoms with Crippen molar-refractivity contribution in [3.05, 3.63) is 53.0 Å². The Morgan fingerprint density at radius 1 is 1.35 bits per heavy atom. The van der Waals surface area contributed by atoms with Crippen LogP contribution >= 0.6 is 0 Å². The van der Waals surface area contributed by atoms with Crippen molar-refractivity contribution in [2.75, 3.05) is 5.73 Å². The molecule has 1 atom stereocenters. The molecule has 1 unspecified atom stereocenters. The first-order chi connectivity index (χ1) is 9.47. The number of nitrogen functional groups attached to an aromatic ring is 1. The summed E-state index contributed by atoms with van der Waals surface area (Å²) in [6, 6.07) is 9.28. The Morgan fingerprint density at radius 3 is 2.65 bits per heavy atom. The monoisotopic (exact) mass is 272 g/mol. The Bertz CT molecular complexity index is 617. The first-order valence-electron chi connectivity index (χ1n) is 6.67. The fourth-order valence-electron chi connectivity index (χ4n) is 2.32. The third-order valence-electron chi connectivity index (χ3n) is 3.33. The number of hydrogen-bond acceptors (Lipinski definition) is 3. The van der Waals surface area contributed by atoms with Crippen LogP contribution in [0.3, 0.4) is 0 Å². The van der Waals surface area contributed by atoms with Crippen LogP contribution in [0.25, 0.3) is 0 Å². The molecule has 2 rings (SSSR count). The van der Waals surface area contributed by atoms with E-state index in [2.05, 4.69) is 5.32 Å². The maximum Gasteiger partial charge on any atom is 0.224 e. The largest absolute Gasteiger partial charge is 0.466 e. The molecule has 2 aromatic rings. The van der Waals surface area contributed by atoms with E-state index in [0.717, 1.165) is 22.6 Å². The van der Waals surface area contributed by atoms with Crippen molar-refractivity contribution in [2.24, 2.45) is 0 Å². The molecule has 1 aromatic heterocycles. The Labute approximate surface area is 119 Å². The topological polar surface area (TPSA) is 68.3 Å². The molecule has 0 aliphatic heterocycles. The molecule has 0 radical (unpaired) electrons. The summed E-state index contributed by atoms with van der Waals surface area (Å²) in [7, 11) is 0. The van der Waals surface area contributed by atoms with Gasteiger partial charge in [0.05, 0.1) is 12.5 Å². The van der Waals surface area contributed by atoms with E-state index < -0.39 is 0 Å². The number of rotatable bonds is 4. The third-order valence-corrected chi connectivity index (χ3v) is 3.33. The molecule has 4 nitrogen and oxygen atoms in total. The standard InChI is InChI=1S/C16H20N2O2/c1-10-8-14(12(3)20-10)11(2)18-16(19)9-13-6-4-5-7-15(13)17/h4-8,11H,9,17H2,1-3H3,(H,18,19). The SMILES string of the molecule is Cc1cc(C(C)NC(=O)Cc2ccccc2N)c(C)o1. The number of hydrogen-bond donors (Lipinski definition) is 2. The normalized spacial score (nSPS) is 12.2. The zero-order valence-corrected chi connectivity index (χ0v) is 12.1. The zero-order chi connectivity index (χ0) is 14.7. The van der Waals surface area contributed by atoms with Gasteiger partial charge in [-0.3, -0.25) is 4.79 Å². The van der Waals surface area contributed by atoms with Gasteiger partial charge in [0.25, 0.3) is 0 Å². The summed E-state index contributed by atoms with van der Waals surface area (Å²) in [5.74, 6) is 1.65. The van der Waals surface area contributed by atoms with Crippen molar-refractivity contribution in [3.63, 3.8) is 0 Å². The molecule has 0 aliphatic carbocycles.